The lowest BCUT2D eigenvalue weighted by molar-refractivity contribution is -0.148. The molecule has 0 heterocycles. The van der Waals surface area contributed by atoms with E-state index in [9.17, 15) is 4.79 Å². The molecule has 0 radical (unpaired) electrons. The average molecular weight is 231 g/mol. The van der Waals surface area contributed by atoms with E-state index in [1.54, 1.807) is 0 Å². The molecule has 0 saturated heterocycles. The van der Waals surface area contributed by atoms with Crippen LogP contribution in [0.2, 0.25) is 0 Å². The molecule has 88 valence electrons. The van der Waals surface area contributed by atoms with Crippen LogP contribution in [0.15, 0.2) is 29.4 Å². The van der Waals surface area contributed by atoms with Crippen molar-refractivity contribution in [3.8, 4) is 0 Å². The highest BCUT2D eigenvalue weighted by atomic mass is 16.5. The van der Waals surface area contributed by atoms with Gasteiger partial charge in [0, 0.05) is 11.8 Å². The minimum absolute atomic E-state index is 0.307. The predicted molar refractivity (Wildman–Crippen MR) is 62.2 cm³/mol. The van der Waals surface area contributed by atoms with Crippen molar-refractivity contribution in [2.24, 2.45) is 5.11 Å². The molecular weight excluding hydrogens is 218 g/mol. The summed E-state index contributed by atoms with van der Waals surface area (Å²) in [7, 11) is 0. The molecule has 1 aliphatic rings. The second kappa shape index (κ2) is 4.89. The van der Waals surface area contributed by atoms with Gasteiger partial charge in [-0.25, -0.2) is 0 Å². The van der Waals surface area contributed by atoms with Gasteiger partial charge in [-0.3, -0.25) is 4.79 Å². The molecule has 1 aliphatic carbocycles. The first-order valence-electron chi connectivity index (χ1n) is 5.51. The second-order valence-corrected chi connectivity index (χ2v) is 4.04. The number of carbonyl (C=O) groups excluding carboxylic acids is 1. The summed E-state index contributed by atoms with van der Waals surface area (Å²) in [6, 6.07) is 7.48. The van der Waals surface area contributed by atoms with Crippen LogP contribution in [0.5, 0.6) is 0 Å². The molecule has 0 amide bonds. The highest BCUT2D eigenvalue weighted by molar-refractivity contribution is 5.66. The summed E-state index contributed by atoms with van der Waals surface area (Å²) in [6.07, 6.45) is 1.10. The van der Waals surface area contributed by atoms with E-state index in [0.717, 1.165) is 17.5 Å². The van der Waals surface area contributed by atoms with Gasteiger partial charge in [-0.15, -0.1) is 0 Å². The number of fused-ring (bicyclic) bond motifs is 1. The zero-order valence-corrected chi connectivity index (χ0v) is 9.54. The largest absolute Gasteiger partial charge is 0.457 e. The first-order chi connectivity index (χ1) is 8.22. The van der Waals surface area contributed by atoms with Crippen molar-refractivity contribution in [3.63, 3.8) is 0 Å². The van der Waals surface area contributed by atoms with Crippen LogP contribution in [0, 0.1) is 0 Å². The fourth-order valence-electron chi connectivity index (χ4n) is 2.21. The lowest BCUT2D eigenvalue weighted by Crippen LogP contribution is -2.27. The Morgan fingerprint density at radius 2 is 2.29 bits per heavy atom. The number of carbonyl (C=O) groups is 1. The van der Waals surface area contributed by atoms with E-state index in [2.05, 4.69) is 10.0 Å². The first-order valence-corrected chi connectivity index (χ1v) is 5.51. The Hall–Kier alpha value is -2.00. The quantitative estimate of drug-likeness (QED) is 0.339. The number of azide groups is 1. The molecule has 0 spiro atoms. The number of benzene rings is 1. The highest BCUT2D eigenvalue weighted by Gasteiger charge is 2.30. The molecule has 5 heteroatoms. The van der Waals surface area contributed by atoms with Crippen LogP contribution >= 0.6 is 0 Å². The summed E-state index contributed by atoms with van der Waals surface area (Å²) in [4.78, 5) is 13.9. The van der Waals surface area contributed by atoms with E-state index < -0.39 is 6.10 Å². The number of nitrogens with zero attached hydrogens (tertiary/aromatic N) is 3. The van der Waals surface area contributed by atoms with Gasteiger partial charge in [-0.05, 0) is 29.5 Å². The normalized spacial score (nSPS) is 22.2. The van der Waals surface area contributed by atoms with Crippen LogP contribution in [-0.2, 0) is 16.0 Å². The fraction of sp³-hybridized carbons (Fsp3) is 0.417. The maximum Gasteiger partial charge on any atom is 0.303 e. The molecule has 0 fully saturated rings. The Balaban J connectivity index is 2.38. The standard InChI is InChI=1S/C12H13N3O2/c1-8(16)17-12-10-5-3-2-4-9(10)6-7-11(12)14-15-13/h2-5,11-12H,6-7H2,1H3/t11-,12+/m0/s1. The number of hydrogen-bond acceptors (Lipinski definition) is 3. The van der Waals surface area contributed by atoms with Crippen molar-refractivity contribution in [2.45, 2.75) is 31.9 Å². The first kappa shape index (κ1) is 11.5. The lowest BCUT2D eigenvalue weighted by atomic mass is 9.86. The van der Waals surface area contributed by atoms with Crippen molar-refractivity contribution < 1.29 is 9.53 Å². The maximum atomic E-state index is 11.1. The van der Waals surface area contributed by atoms with E-state index in [-0.39, 0.29) is 12.0 Å². The number of aryl methyl sites for hydroxylation is 1. The van der Waals surface area contributed by atoms with E-state index in [0.29, 0.717) is 6.42 Å². The molecule has 2 rings (SSSR count). The predicted octanol–water partition coefficient (Wildman–Crippen LogP) is 2.92. The van der Waals surface area contributed by atoms with Gasteiger partial charge in [0.15, 0.2) is 0 Å². The van der Waals surface area contributed by atoms with Gasteiger partial charge in [-0.1, -0.05) is 29.4 Å². The van der Waals surface area contributed by atoms with Crippen molar-refractivity contribution in [3.05, 3.63) is 45.8 Å². The van der Waals surface area contributed by atoms with E-state index in [1.165, 1.54) is 6.92 Å². The number of hydrogen-bond donors (Lipinski definition) is 0. The van der Waals surface area contributed by atoms with Gasteiger partial charge < -0.3 is 4.74 Å². The monoisotopic (exact) mass is 231 g/mol. The molecular formula is C12H13N3O2. The third kappa shape index (κ3) is 2.40. The smallest absolute Gasteiger partial charge is 0.303 e. The van der Waals surface area contributed by atoms with Crippen molar-refractivity contribution in [1.82, 2.24) is 0 Å². The lowest BCUT2D eigenvalue weighted by Gasteiger charge is -2.30. The topological polar surface area (TPSA) is 75.1 Å². The van der Waals surface area contributed by atoms with Crippen molar-refractivity contribution in [1.29, 1.82) is 0 Å². The van der Waals surface area contributed by atoms with Crippen LogP contribution in [-0.4, -0.2) is 12.0 Å². The van der Waals surface area contributed by atoms with Gasteiger partial charge in [0.1, 0.15) is 6.10 Å². The van der Waals surface area contributed by atoms with Gasteiger partial charge in [0.05, 0.1) is 6.04 Å². The Bertz CT molecular complexity index is 480. The highest BCUT2D eigenvalue weighted by Crippen LogP contribution is 2.34. The Labute approximate surface area is 99.0 Å². The minimum Gasteiger partial charge on any atom is -0.457 e. The van der Waals surface area contributed by atoms with Crippen molar-refractivity contribution >= 4 is 5.97 Å². The second-order valence-electron chi connectivity index (χ2n) is 4.04. The van der Waals surface area contributed by atoms with Gasteiger partial charge >= 0.3 is 5.97 Å². The molecule has 2 atom stereocenters. The summed E-state index contributed by atoms with van der Waals surface area (Å²) < 4.78 is 5.28. The van der Waals surface area contributed by atoms with Crippen LogP contribution in [0.25, 0.3) is 10.4 Å². The molecule has 17 heavy (non-hydrogen) atoms. The third-order valence-corrected chi connectivity index (χ3v) is 2.91. The zero-order valence-electron chi connectivity index (χ0n) is 9.54. The number of ether oxygens (including phenoxy) is 1. The molecule has 5 nitrogen and oxygen atoms in total. The maximum absolute atomic E-state index is 11.1. The molecule has 0 N–H and O–H groups in total. The van der Waals surface area contributed by atoms with Gasteiger partial charge in [-0.2, -0.15) is 0 Å². The summed E-state index contributed by atoms with van der Waals surface area (Å²) in [5.74, 6) is -0.357. The molecule has 1 aromatic carbocycles. The van der Waals surface area contributed by atoms with E-state index in [1.807, 2.05) is 24.3 Å². The summed E-state index contributed by atoms with van der Waals surface area (Å²) >= 11 is 0. The van der Waals surface area contributed by atoms with Gasteiger partial charge in [0.2, 0.25) is 0 Å². The minimum atomic E-state index is -0.451. The summed E-state index contributed by atoms with van der Waals surface area (Å²) in [6.45, 7) is 1.37. The van der Waals surface area contributed by atoms with Crippen LogP contribution in [0.3, 0.4) is 0 Å². The Morgan fingerprint density at radius 3 is 3.00 bits per heavy atom. The van der Waals surface area contributed by atoms with Crippen LogP contribution < -0.4 is 0 Å². The Kier molecular flexibility index (Phi) is 3.30. The molecule has 0 aliphatic heterocycles. The SMILES string of the molecule is CC(=O)O[C@@H]1c2ccccc2CC[C@@H]1N=[N+]=[N-]. The Morgan fingerprint density at radius 1 is 1.53 bits per heavy atom. The summed E-state index contributed by atoms with van der Waals surface area (Å²) in [5.41, 5.74) is 10.6. The number of rotatable bonds is 2. The summed E-state index contributed by atoms with van der Waals surface area (Å²) in [5, 5.41) is 3.72. The van der Waals surface area contributed by atoms with E-state index in [4.69, 9.17) is 10.3 Å². The molecule has 0 saturated carbocycles. The zero-order chi connectivity index (χ0) is 12.3. The van der Waals surface area contributed by atoms with Crippen molar-refractivity contribution in [2.75, 3.05) is 0 Å². The molecule has 1 aromatic rings. The number of esters is 1. The van der Waals surface area contributed by atoms with Crippen LogP contribution in [0.1, 0.15) is 30.6 Å². The van der Waals surface area contributed by atoms with Gasteiger partial charge in [0.25, 0.3) is 0 Å². The fourth-order valence-corrected chi connectivity index (χ4v) is 2.21. The van der Waals surface area contributed by atoms with Crippen LogP contribution in [0.4, 0.5) is 0 Å². The molecule has 0 aromatic heterocycles. The molecule has 0 unspecified atom stereocenters. The van der Waals surface area contributed by atoms with E-state index >= 15 is 0 Å². The molecule has 0 bridgehead atoms. The average Bonchev–Trinajstić information content (AvgIpc) is 2.32. The third-order valence-electron chi connectivity index (χ3n) is 2.91.